The molecule has 30 heavy (non-hydrogen) atoms. The Morgan fingerprint density at radius 1 is 1.03 bits per heavy atom. The normalized spacial score (nSPS) is 17.1. The van der Waals surface area contributed by atoms with Crippen molar-refractivity contribution in [1.29, 1.82) is 0 Å². The van der Waals surface area contributed by atoms with Gasteiger partial charge in [0.05, 0.1) is 13.2 Å². The van der Waals surface area contributed by atoms with Crippen molar-refractivity contribution in [3.05, 3.63) is 35.9 Å². The van der Waals surface area contributed by atoms with Crippen molar-refractivity contribution in [1.82, 2.24) is 20.4 Å². The van der Waals surface area contributed by atoms with Gasteiger partial charge in [0, 0.05) is 45.8 Å². The van der Waals surface area contributed by atoms with Gasteiger partial charge in [-0.25, -0.2) is 0 Å². The Hall–Kier alpha value is -1.63. The van der Waals surface area contributed by atoms with E-state index in [1.54, 1.807) is 0 Å². The molecule has 0 amide bonds. The van der Waals surface area contributed by atoms with Crippen molar-refractivity contribution in [2.45, 2.75) is 40.2 Å². The molecule has 1 aromatic rings. The summed E-state index contributed by atoms with van der Waals surface area (Å²) < 4.78 is 5.84. The van der Waals surface area contributed by atoms with E-state index in [4.69, 9.17) is 9.73 Å². The number of rotatable bonds is 13. The maximum Gasteiger partial charge on any atom is 0.191 e. The lowest BCUT2D eigenvalue weighted by Gasteiger charge is -2.34. The highest BCUT2D eigenvalue weighted by Gasteiger charge is 2.14. The minimum atomic E-state index is 0.394. The molecule has 1 fully saturated rings. The van der Waals surface area contributed by atoms with E-state index in [2.05, 4.69) is 53.3 Å². The van der Waals surface area contributed by atoms with Crippen molar-refractivity contribution in [2.24, 2.45) is 10.9 Å². The molecule has 170 valence electrons. The molecule has 0 bridgehead atoms. The average Bonchev–Trinajstić information content (AvgIpc) is 2.78. The van der Waals surface area contributed by atoms with Crippen LogP contribution in [0.5, 0.6) is 0 Å². The molecule has 0 radical (unpaired) electrons. The molecule has 2 N–H and O–H groups in total. The van der Waals surface area contributed by atoms with Crippen LogP contribution in [-0.4, -0.2) is 81.3 Å². The molecule has 1 aromatic carbocycles. The largest absolute Gasteiger partial charge is 0.376 e. The Morgan fingerprint density at radius 2 is 1.77 bits per heavy atom. The lowest BCUT2D eigenvalue weighted by atomic mass is 10.2. The lowest BCUT2D eigenvalue weighted by molar-refractivity contribution is 0.0945. The standard InChI is InChI=1S/C24H43N5O/c1-4-25-24(26-13-9-10-14-29-17-15-28(5-2)16-18-29)27-19-22(3)20-30-21-23-11-7-6-8-12-23/h6-8,11-12,22H,4-5,9-10,13-21H2,1-3H3,(H2,25,26,27). The second-order valence-electron chi connectivity index (χ2n) is 8.24. The molecule has 6 heteroatoms. The third kappa shape index (κ3) is 10.4. The molecule has 1 saturated heterocycles. The van der Waals surface area contributed by atoms with Gasteiger partial charge >= 0.3 is 0 Å². The number of piperazine rings is 1. The highest BCUT2D eigenvalue weighted by Crippen LogP contribution is 2.04. The highest BCUT2D eigenvalue weighted by atomic mass is 16.5. The average molecular weight is 418 g/mol. The summed E-state index contributed by atoms with van der Waals surface area (Å²) >= 11 is 0. The van der Waals surface area contributed by atoms with Gasteiger partial charge in [-0.2, -0.15) is 0 Å². The maximum absolute atomic E-state index is 5.84. The molecule has 0 spiro atoms. The van der Waals surface area contributed by atoms with E-state index in [1.807, 2.05) is 18.2 Å². The molecule has 1 atom stereocenters. The summed E-state index contributed by atoms with van der Waals surface area (Å²) in [4.78, 5) is 9.88. The van der Waals surface area contributed by atoms with Crippen LogP contribution >= 0.6 is 0 Å². The number of nitrogens with zero attached hydrogens (tertiary/aromatic N) is 3. The minimum Gasteiger partial charge on any atom is -0.376 e. The molecule has 0 saturated carbocycles. The Morgan fingerprint density at radius 3 is 2.47 bits per heavy atom. The number of guanidine groups is 1. The van der Waals surface area contributed by atoms with E-state index >= 15 is 0 Å². The number of likely N-dealkylation sites (N-methyl/N-ethyl adjacent to an activating group) is 1. The van der Waals surface area contributed by atoms with Crippen molar-refractivity contribution in [3.63, 3.8) is 0 Å². The molecule has 1 heterocycles. The number of nitrogens with one attached hydrogen (secondary N) is 2. The van der Waals surface area contributed by atoms with Crippen LogP contribution in [0.1, 0.15) is 39.2 Å². The predicted octanol–water partition coefficient (Wildman–Crippen LogP) is 2.81. The summed E-state index contributed by atoms with van der Waals surface area (Å²) in [7, 11) is 0. The quantitative estimate of drug-likeness (QED) is 0.294. The van der Waals surface area contributed by atoms with Crippen LogP contribution in [0.2, 0.25) is 0 Å². The van der Waals surface area contributed by atoms with Crippen LogP contribution in [-0.2, 0) is 11.3 Å². The van der Waals surface area contributed by atoms with Crippen LogP contribution in [0.3, 0.4) is 0 Å². The Bertz CT molecular complexity index is 572. The molecule has 0 aromatic heterocycles. The van der Waals surface area contributed by atoms with Gasteiger partial charge in [0.15, 0.2) is 5.96 Å². The van der Waals surface area contributed by atoms with Gasteiger partial charge in [0.1, 0.15) is 0 Å². The third-order valence-electron chi connectivity index (χ3n) is 5.52. The lowest BCUT2D eigenvalue weighted by Crippen LogP contribution is -2.46. The number of unbranched alkanes of at least 4 members (excludes halogenated alkanes) is 1. The van der Waals surface area contributed by atoms with Crippen molar-refractivity contribution in [2.75, 3.05) is 65.5 Å². The molecular weight excluding hydrogens is 374 g/mol. The van der Waals surface area contributed by atoms with E-state index in [1.165, 1.54) is 57.7 Å². The third-order valence-corrected chi connectivity index (χ3v) is 5.52. The van der Waals surface area contributed by atoms with E-state index < -0.39 is 0 Å². The topological polar surface area (TPSA) is 52.1 Å². The summed E-state index contributed by atoms with van der Waals surface area (Å²) in [6.45, 7) is 17.8. The van der Waals surface area contributed by atoms with Crippen LogP contribution in [0, 0.1) is 5.92 Å². The van der Waals surface area contributed by atoms with Gasteiger partial charge in [-0.15, -0.1) is 0 Å². The molecule has 0 aliphatic carbocycles. The summed E-state index contributed by atoms with van der Waals surface area (Å²) in [5.41, 5.74) is 1.22. The Kier molecular flexibility index (Phi) is 12.5. The first kappa shape index (κ1) is 24.6. The zero-order valence-electron chi connectivity index (χ0n) is 19.4. The van der Waals surface area contributed by atoms with Crippen molar-refractivity contribution >= 4 is 5.96 Å². The van der Waals surface area contributed by atoms with E-state index in [9.17, 15) is 0 Å². The first-order chi connectivity index (χ1) is 14.7. The van der Waals surface area contributed by atoms with E-state index in [0.29, 0.717) is 12.5 Å². The fourth-order valence-corrected chi connectivity index (χ4v) is 3.59. The first-order valence-electron chi connectivity index (χ1n) is 11.8. The van der Waals surface area contributed by atoms with Gasteiger partial charge < -0.3 is 25.2 Å². The van der Waals surface area contributed by atoms with E-state index in [0.717, 1.165) is 32.2 Å². The molecule has 6 nitrogen and oxygen atoms in total. The fourth-order valence-electron chi connectivity index (χ4n) is 3.59. The molecule has 1 unspecified atom stereocenters. The van der Waals surface area contributed by atoms with Gasteiger partial charge in [-0.1, -0.05) is 44.2 Å². The predicted molar refractivity (Wildman–Crippen MR) is 127 cm³/mol. The summed E-state index contributed by atoms with van der Waals surface area (Å²) in [6.07, 6.45) is 2.41. The zero-order chi connectivity index (χ0) is 21.4. The van der Waals surface area contributed by atoms with Gasteiger partial charge in [-0.05, 0) is 44.3 Å². The Balaban J connectivity index is 1.56. The van der Waals surface area contributed by atoms with Gasteiger partial charge in [-0.3, -0.25) is 4.99 Å². The molecule has 2 rings (SSSR count). The maximum atomic E-state index is 5.84. The van der Waals surface area contributed by atoms with Crippen molar-refractivity contribution < 1.29 is 4.74 Å². The Labute approximate surface area is 184 Å². The van der Waals surface area contributed by atoms with Crippen LogP contribution < -0.4 is 10.6 Å². The molecular formula is C24H43N5O. The van der Waals surface area contributed by atoms with Gasteiger partial charge in [0.2, 0.25) is 0 Å². The fraction of sp³-hybridized carbons (Fsp3) is 0.708. The van der Waals surface area contributed by atoms with E-state index in [-0.39, 0.29) is 0 Å². The smallest absolute Gasteiger partial charge is 0.191 e. The summed E-state index contributed by atoms with van der Waals surface area (Å²) in [6, 6.07) is 10.3. The van der Waals surface area contributed by atoms with Crippen LogP contribution in [0.4, 0.5) is 0 Å². The number of aliphatic imine (C=N–C) groups is 1. The monoisotopic (exact) mass is 417 g/mol. The highest BCUT2D eigenvalue weighted by molar-refractivity contribution is 5.79. The second kappa shape index (κ2) is 15.2. The number of benzene rings is 1. The number of hydrogen-bond acceptors (Lipinski definition) is 4. The minimum absolute atomic E-state index is 0.394. The van der Waals surface area contributed by atoms with Crippen LogP contribution in [0.15, 0.2) is 35.3 Å². The summed E-state index contributed by atoms with van der Waals surface area (Å²) in [5.74, 6) is 1.31. The number of hydrogen-bond donors (Lipinski definition) is 2. The van der Waals surface area contributed by atoms with Crippen LogP contribution in [0.25, 0.3) is 0 Å². The molecule has 1 aliphatic heterocycles. The molecule has 1 aliphatic rings. The SMILES string of the molecule is CCNC(=NCC(C)COCc1ccccc1)NCCCCN1CCN(CC)CC1. The van der Waals surface area contributed by atoms with Crippen molar-refractivity contribution in [3.8, 4) is 0 Å². The summed E-state index contributed by atoms with van der Waals surface area (Å²) in [5, 5.41) is 6.84. The second-order valence-corrected chi connectivity index (χ2v) is 8.24. The van der Waals surface area contributed by atoms with Gasteiger partial charge in [0.25, 0.3) is 0 Å². The zero-order valence-corrected chi connectivity index (χ0v) is 19.4. The number of ether oxygens (including phenoxy) is 1. The first-order valence-corrected chi connectivity index (χ1v) is 11.8.